The number of amides is 2. The van der Waals surface area contributed by atoms with Crippen molar-refractivity contribution in [2.75, 3.05) is 19.0 Å². The third-order valence-electron chi connectivity index (χ3n) is 5.92. The molecule has 0 saturated heterocycles. The molecule has 0 unspecified atom stereocenters. The molecule has 0 bridgehead atoms. The van der Waals surface area contributed by atoms with E-state index in [9.17, 15) is 9.59 Å². The highest BCUT2D eigenvalue weighted by Gasteiger charge is 2.38. The van der Waals surface area contributed by atoms with Gasteiger partial charge in [-0.05, 0) is 30.4 Å². The minimum Gasteiger partial charge on any atom is -0.496 e. The SMILES string of the molecule is COc1ccccc1C1(CNC(=O)Cc2csc(NC(=O)Cc3cccs3)n2)CCCC1. The first-order valence-electron chi connectivity index (χ1n) is 10.7. The van der Waals surface area contributed by atoms with Gasteiger partial charge >= 0.3 is 0 Å². The summed E-state index contributed by atoms with van der Waals surface area (Å²) in [5.41, 5.74) is 1.74. The molecule has 1 aliphatic rings. The van der Waals surface area contributed by atoms with Crippen LogP contribution >= 0.6 is 22.7 Å². The summed E-state index contributed by atoms with van der Waals surface area (Å²) < 4.78 is 5.60. The van der Waals surface area contributed by atoms with Crippen molar-refractivity contribution in [2.24, 2.45) is 0 Å². The highest BCUT2D eigenvalue weighted by Crippen LogP contribution is 2.44. The molecule has 6 nitrogen and oxygen atoms in total. The Morgan fingerprint density at radius 3 is 2.62 bits per heavy atom. The van der Waals surface area contributed by atoms with Crippen LogP contribution in [0.25, 0.3) is 0 Å². The summed E-state index contributed by atoms with van der Waals surface area (Å²) in [7, 11) is 1.69. The topological polar surface area (TPSA) is 80.3 Å². The lowest BCUT2D eigenvalue weighted by Crippen LogP contribution is -2.39. The standard InChI is InChI=1S/C24H27N3O3S2/c1-30-20-9-3-2-8-19(20)24(10-4-5-11-24)16-25-21(28)13-17-15-32-23(26-17)27-22(29)14-18-7-6-12-31-18/h2-3,6-9,12,15H,4-5,10-11,13-14,16H2,1H3,(H,25,28)(H,26,27,29). The van der Waals surface area contributed by atoms with E-state index < -0.39 is 0 Å². The highest BCUT2D eigenvalue weighted by molar-refractivity contribution is 7.14. The van der Waals surface area contributed by atoms with E-state index in [1.54, 1.807) is 18.4 Å². The van der Waals surface area contributed by atoms with Gasteiger partial charge in [-0.2, -0.15) is 0 Å². The highest BCUT2D eigenvalue weighted by atomic mass is 32.1. The molecule has 1 fully saturated rings. The lowest BCUT2D eigenvalue weighted by molar-refractivity contribution is -0.120. The summed E-state index contributed by atoms with van der Waals surface area (Å²) in [6.07, 6.45) is 4.88. The van der Waals surface area contributed by atoms with E-state index in [1.165, 1.54) is 16.9 Å². The smallest absolute Gasteiger partial charge is 0.231 e. The predicted octanol–water partition coefficient (Wildman–Crippen LogP) is 4.57. The number of methoxy groups -OCH3 is 1. The van der Waals surface area contributed by atoms with Crippen molar-refractivity contribution in [1.82, 2.24) is 10.3 Å². The molecule has 0 aliphatic heterocycles. The van der Waals surface area contributed by atoms with Crippen LogP contribution in [-0.2, 0) is 27.8 Å². The quantitative estimate of drug-likeness (QED) is 0.481. The zero-order valence-corrected chi connectivity index (χ0v) is 19.7. The van der Waals surface area contributed by atoms with Gasteiger partial charge in [0.2, 0.25) is 11.8 Å². The molecule has 2 aromatic heterocycles. The monoisotopic (exact) mass is 469 g/mol. The van der Waals surface area contributed by atoms with Gasteiger partial charge < -0.3 is 15.4 Å². The number of nitrogens with zero attached hydrogens (tertiary/aromatic N) is 1. The van der Waals surface area contributed by atoms with Crippen molar-refractivity contribution in [3.05, 3.63) is 63.3 Å². The molecule has 0 atom stereocenters. The van der Waals surface area contributed by atoms with Crippen LogP contribution in [0.4, 0.5) is 5.13 Å². The van der Waals surface area contributed by atoms with E-state index in [-0.39, 0.29) is 23.7 Å². The van der Waals surface area contributed by atoms with Crippen LogP contribution in [0.1, 0.15) is 41.8 Å². The third kappa shape index (κ3) is 5.37. The van der Waals surface area contributed by atoms with Gasteiger partial charge in [0.05, 0.1) is 25.6 Å². The summed E-state index contributed by atoms with van der Waals surface area (Å²) >= 11 is 2.89. The number of hydrogen-bond acceptors (Lipinski definition) is 6. The van der Waals surface area contributed by atoms with Crippen molar-refractivity contribution in [2.45, 2.75) is 43.9 Å². The number of benzene rings is 1. The molecule has 0 radical (unpaired) electrons. The zero-order chi connectivity index (χ0) is 22.4. The van der Waals surface area contributed by atoms with Crippen molar-refractivity contribution < 1.29 is 14.3 Å². The van der Waals surface area contributed by atoms with E-state index >= 15 is 0 Å². The number of anilines is 1. The fourth-order valence-corrected chi connectivity index (χ4v) is 5.78. The number of carbonyl (C=O) groups is 2. The summed E-state index contributed by atoms with van der Waals surface area (Å²) in [4.78, 5) is 30.3. The molecule has 2 amide bonds. The Balaban J connectivity index is 1.33. The van der Waals surface area contributed by atoms with Crippen molar-refractivity contribution >= 4 is 39.6 Å². The van der Waals surface area contributed by atoms with Crippen LogP contribution in [0.15, 0.2) is 47.2 Å². The number of thiophene rings is 1. The Morgan fingerprint density at radius 2 is 1.88 bits per heavy atom. The van der Waals surface area contributed by atoms with Gasteiger partial charge in [-0.1, -0.05) is 37.1 Å². The fourth-order valence-electron chi connectivity index (χ4n) is 4.35. The van der Waals surface area contributed by atoms with Crippen LogP contribution in [0.5, 0.6) is 5.75 Å². The minimum absolute atomic E-state index is 0.0621. The Hall–Kier alpha value is -2.71. The number of carbonyl (C=O) groups excluding carboxylic acids is 2. The van der Waals surface area contributed by atoms with Crippen LogP contribution < -0.4 is 15.4 Å². The zero-order valence-electron chi connectivity index (χ0n) is 18.1. The van der Waals surface area contributed by atoms with Gasteiger partial charge in [0, 0.05) is 27.8 Å². The molecule has 168 valence electrons. The molecule has 1 aromatic carbocycles. The first kappa shape index (κ1) is 22.5. The summed E-state index contributed by atoms with van der Waals surface area (Å²) in [5, 5.41) is 10.2. The summed E-state index contributed by atoms with van der Waals surface area (Å²) in [6.45, 7) is 0.584. The lowest BCUT2D eigenvalue weighted by Gasteiger charge is -2.31. The van der Waals surface area contributed by atoms with Crippen molar-refractivity contribution in [3.8, 4) is 5.75 Å². The number of aromatic nitrogens is 1. The molecule has 8 heteroatoms. The number of para-hydroxylation sites is 1. The maximum Gasteiger partial charge on any atom is 0.231 e. The van der Waals surface area contributed by atoms with E-state index in [0.717, 1.165) is 36.3 Å². The van der Waals surface area contributed by atoms with Crippen LogP contribution in [-0.4, -0.2) is 30.5 Å². The maximum absolute atomic E-state index is 12.7. The van der Waals surface area contributed by atoms with Gasteiger partial charge in [-0.15, -0.1) is 22.7 Å². The maximum atomic E-state index is 12.7. The molecule has 32 heavy (non-hydrogen) atoms. The number of rotatable bonds is 9. The average molecular weight is 470 g/mol. The number of nitrogens with one attached hydrogen (secondary N) is 2. The average Bonchev–Trinajstić information content (AvgIpc) is 3.56. The molecular formula is C24H27N3O3S2. The molecule has 3 aromatic rings. The van der Waals surface area contributed by atoms with Crippen LogP contribution in [0, 0.1) is 0 Å². The normalized spacial score (nSPS) is 14.8. The van der Waals surface area contributed by atoms with Crippen LogP contribution in [0.2, 0.25) is 0 Å². The Kier molecular flexibility index (Phi) is 7.22. The fraction of sp³-hybridized carbons (Fsp3) is 0.375. The molecule has 4 rings (SSSR count). The molecule has 1 aliphatic carbocycles. The second-order valence-corrected chi connectivity index (χ2v) is 9.98. The van der Waals surface area contributed by atoms with E-state index in [0.29, 0.717) is 23.8 Å². The number of ether oxygens (including phenoxy) is 1. The van der Waals surface area contributed by atoms with Crippen molar-refractivity contribution in [1.29, 1.82) is 0 Å². The lowest BCUT2D eigenvalue weighted by atomic mass is 9.78. The van der Waals surface area contributed by atoms with Crippen LogP contribution in [0.3, 0.4) is 0 Å². The second-order valence-electron chi connectivity index (χ2n) is 8.09. The molecule has 2 N–H and O–H groups in total. The van der Waals surface area contributed by atoms with Crippen molar-refractivity contribution in [3.63, 3.8) is 0 Å². The Morgan fingerprint density at radius 1 is 1.06 bits per heavy atom. The van der Waals surface area contributed by atoms with E-state index in [2.05, 4.69) is 21.7 Å². The third-order valence-corrected chi connectivity index (χ3v) is 7.60. The Bertz CT molecular complexity index is 1060. The predicted molar refractivity (Wildman–Crippen MR) is 129 cm³/mol. The second kappa shape index (κ2) is 10.3. The first-order chi connectivity index (χ1) is 15.6. The largest absolute Gasteiger partial charge is 0.496 e. The van der Waals surface area contributed by atoms with Gasteiger partial charge in [-0.3, -0.25) is 9.59 Å². The Labute approximate surface area is 196 Å². The summed E-state index contributed by atoms with van der Waals surface area (Å²) in [5.74, 6) is 0.719. The first-order valence-corrected chi connectivity index (χ1v) is 12.5. The number of thiazole rings is 1. The molecule has 2 heterocycles. The van der Waals surface area contributed by atoms with Gasteiger partial charge in [0.15, 0.2) is 5.13 Å². The minimum atomic E-state index is -0.0993. The molecule has 0 spiro atoms. The summed E-state index contributed by atoms with van der Waals surface area (Å²) in [6, 6.07) is 12.0. The van der Waals surface area contributed by atoms with E-state index in [4.69, 9.17) is 4.74 Å². The molecular weight excluding hydrogens is 442 g/mol. The van der Waals surface area contributed by atoms with Gasteiger partial charge in [0.1, 0.15) is 5.75 Å². The molecule has 1 saturated carbocycles. The van der Waals surface area contributed by atoms with E-state index in [1.807, 2.05) is 41.1 Å². The number of hydrogen-bond donors (Lipinski definition) is 2. The van der Waals surface area contributed by atoms with Gasteiger partial charge in [-0.25, -0.2) is 4.98 Å². The van der Waals surface area contributed by atoms with Gasteiger partial charge in [0.25, 0.3) is 0 Å².